The third-order valence-electron chi connectivity index (χ3n) is 2.96. The second kappa shape index (κ2) is 5.27. The molecule has 0 saturated heterocycles. The van der Waals surface area contributed by atoms with Crippen molar-refractivity contribution in [3.8, 4) is 11.4 Å². The SMILES string of the molecule is CCNC(C)c1cnc(-c2cnn(C)c2)nc1C. The van der Waals surface area contributed by atoms with Crippen molar-refractivity contribution in [2.45, 2.75) is 26.8 Å². The molecule has 0 aromatic carbocycles. The van der Waals surface area contributed by atoms with Gasteiger partial charge in [0.2, 0.25) is 0 Å². The van der Waals surface area contributed by atoms with Gasteiger partial charge in [0, 0.05) is 36.7 Å². The van der Waals surface area contributed by atoms with Crippen LogP contribution in [-0.4, -0.2) is 26.3 Å². The van der Waals surface area contributed by atoms with Gasteiger partial charge in [-0.05, 0) is 20.4 Å². The van der Waals surface area contributed by atoms with Gasteiger partial charge in [-0.2, -0.15) is 5.10 Å². The highest BCUT2D eigenvalue weighted by atomic mass is 15.2. The Balaban J connectivity index is 2.30. The topological polar surface area (TPSA) is 55.6 Å². The average molecular weight is 245 g/mol. The Morgan fingerprint density at radius 3 is 2.72 bits per heavy atom. The molecular weight excluding hydrogens is 226 g/mol. The normalized spacial score (nSPS) is 12.7. The van der Waals surface area contributed by atoms with Crippen LogP contribution >= 0.6 is 0 Å². The molecule has 0 aliphatic carbocycles. The largest absolute Gasteiger partial charge is 0.310 e. The van der Waals surface area contributed by atoms with Gasteiger partial charge in [0.1, 0.15) is 0 Å². The number of aromatic nitrogens is 4. The fourth-order valence-electron chi connectivity index (χ4n) is 1.99. The number of nitrogens with zero attached hydrogens (tertiary/aromatic N) is 4. The summed E-state index contributed by atoms with van der Waals surface area (Å²) in [4.78, 5) is 8.98. The molecule has 2 rings (SSSR count). The van der Waals surface area contributed by atoms with E-state index in [1.54, 1.807) is 10.9 Å². The van der Waals surface area contributed by atoms with Gasteiger partial charge < -0.3 is 5.32 Å². The third-order valence-corrected chi connectivity index (χ3v) is 2.96. The second-order valence-corrected chi connectivity index (χ2v) is 4.42. The summed E-state index contributed by atoms with van der Waals surface area (Å²) in [6, 6.07) is 0.276. The Hall–Kier alpha value is -1.75. The van der Waals surface area contributed by atoms with Crippen LogP contribution in [0, 0.1) is 6.92 Å². The van der Waals surface area contributed by atoms with Crippen molar-refractivity contribution in [3.05, 3.63) is 29.8 Å². The summed E-state index contributed by atoms with van der Waals surface area (Å²) < 4.78 is 1.75. The van der Waals surface area contributed by atoms with E-state index in [9.17, 15) is 0 Å². The fourth-order valence-corrected chi connectivity index (χ4v) is 1.99. The van der Waals surface area contributed by atoms with E-state index >= 15 is 0 Å². The minimum absolute atomic E-state index is 0.276. The molecule has 2 aromatic heterocycles. The molecule has 5 heteroatoms. The van der Waals surface area contributed by atoms with Crippen molar-refractivity contribution in [1.29, 1.82) is 0 Å². The molecule has 0 amide bonds. The lowest BCUT2D eigenvalue weighted by molar-refractivity contribution is 0.590. The molecule has 18 heavy (non-hydrogen) atoms. The molecular formula is C13H19N5. The minimum Gasteiger partial charge on any atom is -0.310 e. The predicted molar refractivity (Wildman–Crippen MR) is 71.1 cm³/mol. The summed E-state index contributed by atoms with van der Waals surface area (Å²) in [5, 5.41) is 7.50. The number of hydrogen-bond acceptors (Lipinski definition) is 4. The van der Waals surface area contributed by atoms with Gasteiger partial charge in [-0.15, -0.1) is 0 Å². The zero-order valence-corrected chi connectivity index (χ0v) is 11.3. The van der Waals surface area contributed by atoms with Gasteiger partial charge in [-0.1, -0.05) is 6.92 Å². The Labute approximate surface area is 107 Å². The first-order chi connectivity index (χ1) is 8.61. The molecule has 0 fully saturated rings. The summed E-state index contributed by atoms with van der Waals surface area (Å²) in [7, 11) is 1.89. The summed E-state index contributed by atoms with van der Waals surface area (Å²) in [6.45, 7) is 7.17. The summed E-state index contributed by atoms with van der Waals surface area (Å²) in [6.07, 6.45) is 5.60. The van der Waals surface area contributed by atoms with E-state index in [0.29, 0.717) is 0 Å². The van der Waals surface area contributed by atoms with E-state index in [2.05, 4.69) is 34.2 Å². The smallest absolute Gasteiger partial charge is 0.162 e. The van der Waals surface area contributed by atoms with Crippen molar-refractivity contribution < 1.29 is 0 Å². The lowest BCUT2D eigenvalue weighted by Gasteiger charge is -2.14. The lowest BCUT2D eigenvalue weighted by atomic mass is 10.1. The summed E-state index contributed by atoms with van der Waals surface area (Å²) in [5.74, 6) is 0.730. The molecule has 1 N–H and O–H groups in total. The van der Waals surface area contributed by atoms with Crippen molar-refractivity contribution in [3.63, 3.8) is 0 Å². The Kier molecular flexibility index (Phi) is 3.72. The fraction of sp³-hybridized carbons (Fsp3) is 0.462. The van der Waals surface area contributed by atoms with Crippen LogP contribution in [0.15, 0.2) is 18.6 Å². The molecule has 0 saturated carbocycles. The first kappa shape index (κ1) is 12.7. The van der Waals surface area contributed by atoms with Crippen LogP contribution in [0.3, 0.4) is 0 Å². The number of nitrogens with one attached hydrogen (secondary N) is 1. The van der Waals surface area contributed by atoms with E-state index in [-0.39, 0.29) is 6.04 Å². The zero-order chi connectivity index (χ0) is 13.1. The molecule has 2 heterocycles. The van der Waals surface area contributed by atoms with Gasteiger partial charge in [-0.3, -0.25) is 4.68 Å². The first-order valence-corrected chi connectivity index (χ1v) is 6.17. The molecule has 0 aliphatic heterocycles. The van der Waals surface area contributed by atoms with E-state index in [0.717, 1.165) is 29.2 Å². The van der Waals surface area contributed by atoms with Crippen molar-refractivity contribution in [2.75, 3.05) is 6.54 Å². The van der Waals surface area contributed by atoms with Crippen LogP contribution in [0.5, 0.6) is 0 Å². The van der Waals surface area contributed by atoms with Crippen LogP contribution in [0.25, 0.3) is 11.4 Å². The monoisotopic (exact) mass is 245 g/mol. The van der Waals surface area contributed by atoms with Crippen molar-refractivity contribution >= 4 is 0 Å². The van der Waals surface area contributed by atoms with Crippen LogP contribution < -0.4 is 5.32 Å². The molecule has 0 aliphatic rings. The molecule has 5 nitrogen and oxygen atoms in total. The molecule has 1 unspecified atom stereocenters. The minimum atomic E-state index is 0.276. The lowest BCUT2D eigenvalue weighted by Crippen LogP contribution is -2.19. The maximum absolute atomic E-state index is 4.56. The Morgan fingerprint density at radius 1 is 1.39 bits per heavy atom. The molecule has 1 atom stereocenters. The number of aryl methyl sites for hydroxylation is 2. The van der Waals surface area contributed by atoms with E-state index < -0.39 is 0 Å². The average Bonchev–Trinajstić information content (AvgIpc) is 2.76. The van der Waals surface area contributed by atoms with Crippen molar-refractivity contribution in [1.82, 2.24) is 25.1 Å². The van der Waals surface area contributed by atoms with Crippen LogP contribution in [0.1, 0.15) is 31.1 Å². The molecule has 0 spiro atoms. The Bertz CT molecular complexity index is 532. The molecule has 2 aromatic rings. The first-order valence-electron chi connectivity index (χ1n) is 6.17. The van der Waals surface area contributed by atoms with Crippen molar-refractivity contribution in [2.24, 2.45) is 7.05 Å². The van der Waals surface area contributed by atoms with Crippen LogP contribution in [0.4, 0.5) is 0 Å². The maximum atomic E-state index is 4.56. The Morgan fingerprint density at radius 2 is 2.17 bits per heavy atom. The van der Waals surface area contributed by atoms with Gasteiger partial charge >= 0.3 is 0 Å². The standard InChI is InChI=1S/C13H19N5/c1-5-14-9(2)12-7-15-13(17-10(12)3)11-6-16-18(4)8-11/h6-9,14H,5H2,1-4H3. The third kappa shape index (κ3) is 2.56. The van der Waals surface area contributed by atoms with Crippen LogP contribution in [0.2, 0.25) is 0 Å². The molecule has 96 valence electrons. The van der Waals surface area contributed by atoms with Crippen LogP contribution in [-0.2, 0) is 7.05 Å². The van der Waals surface area contributed by atoms with Gasteiger partial charge in [0.25, 0.3) is 0 Å². The van der Waals surface area contributed by atoms with E-state index in [4.69, 9.17) is 0 Å². The highest BCUT2D eigenvalue weighted by molar-refractivity contribution is 5.52. The number of hydrogen-bond donors (Lipinski definition) is 1. The van der Waals surface area contributed by atoms with Gasteiger partial charge in [-0.25, -0.2) is 9.97 Å². The second-order valence-electron chi connectivity index (χ2n) is 4.42. The maximum Gasteiger partial charge on any atom is 0.162 e. The predicted octanol–water partition coefficient (Wildman–Crippen LogP) is 1.86. The van der Waals surface area contributed by atoms with E-state index in [1.807, 2.05) is 26.4 Å². The zero-order valence-electron chi connectivity index (χ0n) is 11.3. The quantitative estimate of drug-likeness (QED) is 0.893. The molecule has 0 bridgehead atoms. The number of rotatable bonds is 4. The van der Waals surface area contributed by atoms with E-state index in [1.165, 1.54) is 0 Å². The van der Waals surface area contributed by atoms with Gasteiger partial charge in [0.15, 0.2) is 5.82 Å². The highest BCUT2D eigenvalue weighted by Crippen LogP contribution is 2.19. The highest BCUT2D eigenvalue weighted by Gasteiger charge is 2.11. The summed E-state index contributed by atoms with van der Waals surface area (Å²) >= 11 is 0. The van der Waals surface area contributed by atoms with Gasteiger partial charge in [0.05, 0.1) is 11.8 Å². The molecule has 0 radical (unpaired) electrons. The summed E-state index contributed by atoms with van der Waals surface area (Å²) in [5.41, 5.74) is 3.10.